The maximum atomic E-state index is 12.1. The average Bonchev–Trinajstić information content (AvgIpc) is 2.11. The van der Waals surface area contributed by atoms with E-state index in [9.17, 15) is 4.79 Å². The zero-order chi connectivity index (χ0) is 12.1. The van der Waals surface area contributed by atoms with E-state index < -0.39 is 0 Å². The van der Waals surface area contributed by atoms with Crippen LogP contribution in [0.5, 0.6) is 0 Å². The highest BCUT2D eigenvalue weighted by molar-refractivity contribution is 6.03. The van der Waals surface area contributed by atoms with Crippen molar-refractivity contribution in [3.05, 3.63) is 34.4 Å². The lowest BCUT2D eigenvalue weighted by Crippen LogP contribution is -2.43. The Morgan fingerprint density at radius 3 is 2.56 bits per heavy atom. The molecule has 16 heavy (non-hydrogen) atoms. The molecule has 0 radical (unpaired) electrons. The summed E-state index contributed by atoms with van der Waals surface area (Å²) in [6.45, 7) is 8.44. The summed E-state index contributed by atoms with van der Waals surface area (Å²) in [6.07, 6.45) is 0.739. The first-order valence-corrected chi connectivity index (χ1v) is 5.74. The lowest BCUT2D eigenvalue weighted by Gasteiger charge is -2.36. The van der Waals surface area contributed by atoms with Gasteiger partial charge >= 0.3 is 0 Å². The molecule has 86 valence electrons. The number of hydrogen-bond donors (Lipinski definition) is 1. The molecule has 2 N–H and O–H groups in total. The van der Waals surface area contributed by atoms with Gasteiger partial charge in [-0.2, -0.15) is 0 Å². The summed E-state index contributed by atoms with van der Waals surface area (Å²) in [5, 5.41) is 0. The number of rotatable bonds is 0. The van der Waals surface area contributed by atoms with Gasteiger partial charge in [-0.25, -0.2) is 0 Å². The number of aryl methyl sites for hydroxylation is 2. The lowest BCUT2D eigenvalue weighted by atomic mass is 9.68. The Hall–Kier alpha value is -1.15. The molecule has 0 aromatic heterocycles. The minimum atomic E-state index is -0.344. The molecule has 1 aromatic rings. The summed E-state index contributed by atoms with van der Waals surface area (Å²) in [6, 6.07) is 3.78. The Kier molecular flexibility index (Phi) is 2.43. The maximum absolute atomic E-state index is 12.1. The quantitative estimate of drug-likeness (QED) is 0.725. The van der Waals surface area contributed by atoms with Crippen molar-refractivity contribution in [2.75, 3.05) is 0 Å². The Labute approximate surface area is 96.8 Å². The molecule has 1 unspecified atom stereocenters. The number of nitrogens with two attached hydrogens (primary N) is 1. The van der Waals surface area contributed by atoms with Crippen LogP contribution >= 0.6 is 0 Å². The second kappa shape index (κ2) is 3.42. The molecule has 0 spiro atoms. The zero-order valence-electron chi connectivity index (χ0n) is 10.4. The van der Waals surface area contributed by atoms with E-state index in [2.05, 4.69) is 26.8 Å². The monoisotopic (exact) mass is 217 g/mol. The first-order chi connectivity index (χ1) is 7.33. The minimum absolute atomic E-state index is 0.000440. The first-order valence-electron chi connectivity index (χ1n) is 5.74. The highest BCUT2D eigenvalue weighted by Gasteiger charge is 2.37. The van der Waals surface area contributed by atoms with Gasteiger partial charge < -0.3 is 5.73 Å². The lowest BCUT2D eigenvalue weighted by molar-refractivity contribution is 0.0928. The van der Waals surface area contributed by atoms with E-state index in [1.807, 2.05) is 13.0 Å². The summed E-state index contributed by atoms with van der Waals surface area (Å²) in [5.74, 6) is 0.0983. The number of carbonyl (C=O) groups is 1. The van der Waals surface area contributed by atoms with Gasteiger partial charge in [0, 0.05) is 5.56 Å². The summed E-state index contributed by atoms with van der Waals surface area (Å²) < 4.78 is 0. The van der Waals surface area contributed by atoms with Crippen LogP contribution in [0.15, 0.2) is 12.1 Å². The molecule has 0 saturated carbocycles. The van der Waals surface area contributed by atoms with Gasteiger partial charge in [0.25, 0.3) is 0 Å². The van der Waals surface area contributed by atoms with Gasteiger partial charge in [0.15, 0.2) is 5.78 Å². The predicted molar refractivity (Wildman–Crippen MR) is 65.9 cm³/mol. The number of carbonyl (C=O) groups excluding carboxylic acids is 1. The summed E-state index contributed by atoms with van der Waals surface area (Å²) in [4.78, 5) is 12.1. The fraction of sp³-hybridized carbons (Fsp3) is 0.500. The van der Waals surface area contributed by atoms with Crippen LogP contribution in [0.25, 0.3) is 0 Å². The fourth-order valence-electron chi connectivity index (χ4n) is 3.00. The van der Waals surface area contributed by atoms with Gasteiger partial charge in [-0.05, 0) is 42.9 Å². The van der Waals surface area contributed by atoms with Gasteiger partial charge in [-0.1, -0.05) is 25.5 Å². The molecule has 0 heterocycles. The Morgan fingerprint density at radius 2 is 1.94 bits per heavy atom. The molecule has 0 fully saturated rings. The van der Waals surface area contributed by atoms with Crippen LogP contribution in [-0.2, 0) is 5.41 Å². The van der Waals surface area contributed by atoms with Crippen molar-refractivity contribution >= 4 is 5.78 Å². The molecular formula is C14H19NO. The highest BCUT2D eigenvalue weighted by atomic mass is 16.1. The Balaban J connectivity index is 2.73. The van der Waals surface area contributed by atoms with Gasteiger partial charge in [-0.15, -0.1) is 0 Å². The van der Waals surface area contributed by atoms with Crippen molar-refractivity contribution in [2.45, 2.75) is 45.6 Å². The van der Waals surface area contributed by atoms with Gasteiger partial charge in [0.2, 0.25) is 0 Å². The van der Waals surface area contributed by atoms with Crippen molar-refractivity contribution in [1.82, 2.24) is 0 Å². The summed E-state index contributed by atoms with van der Waals surface area (Å²) >= 11 is 0. The van der Waals surface area contributed by atoms with Crippen molar-refractivity contribution in [1.29, 1.82) is 0 Å². The largest absolute Gasteiger partial charge is 0.321 e. The molecule has 1 aliphatic rings. The molecule has 0 amide bonds. The van der Waals surface area contributed by atoms with Crippen molar-refractivity contribution < 1.29 is 4.79 Å². The van der Waals surface area contributed by atoms with E-state index in [-0.39, 0.29) is 17.2 Å². The van der Waals surface area contributed by atoms with Crippen molar-refractivity contribution in [3.63, 3.8) is 0 Å². The molecule has 1 aliphatic carbocycles. The third-order valence-corrected chi connectivity index (χ3v) is 3.49. The van der Waals surface area contributed by atoms with Crippen LogP contribution in [-0.4, -0.2) is 11.8 Å². The Morgan fingerprint density at radius 1 is 1.31 bits per heavy atom. The van der Waals surface area contributed by atoms with Crippen LogP contribution in [0.3, 0.4) is 0 Å². The number of ketones is 1. The SMILES string of the molecule is Cc1cc(C)c2c(c1)C(=O)C(N)CC2(C)C. The number of benzene rings is 1. The van der Waals surface area contributed by atoms with Gasteiger partial charge in [0.1, 0.15) is 0 Å². The number of fused-ring (bicyclic) bond motifs is 1. The van der Waals surface area contributed by atoms with Gasteiger partial charge in [-0.3, -0.25) is 4.79 Å². The number of hydrogen-bond acceptors (Lipinski definition) is 2. The molecule has 1 aromatic carbocycles. The van der Waals surface area contributed by atoms with Crippen LogP contribution in [0.2, 0.25) is 0 Å². The molecular weight excluding hydrogens is 198 g/mol. The van der Waals surface area contributed by atoms with Crippen LogP contribution in [0.1, 0.15) is 47.3 Å². The van der Waals surface area contributed by atoms with E-state index in [1.54, 1.807) is 0 Å². The van der Waals surface area contributed by atoms with Crippen LogP contribution in [0.4, 0.5) is 0 Å². The summed E-state index contributed by atoms with van der Waals surface area (Å²) in [7, 11) is 0. The first kappa shape index (κ1) is 11.3. The third kappa shape index (κ3) is 1.57. The normalized spacial score (nSPS) is 23.1. The topological polar surface area (TPSA) is 43.1 Å². The van der Waals surface area contributed by atoms with Crippen LogP contribution in [0, 0.1) is 13.8 Å². The molecule has 0 bridgehead atoms. The fourth-order valence-corrected chi connectivity index (χ4v) is 3.00. The zero-order valence-corrected chi connectivity index (χ0v) is 10.4. The van der Waals surface area contributed by atoms with E-state index in [4.69, 9.17) is 5.73 Å². The molecule has 0 aliphatic heterocycles. The second-order valence-corrected chi connectivity index (χ2v) is 5.56. The van der Waals surface area contributed by atoms with E-state index in [0.29, 0.717) is 0 Å². The third-order valence-electron chi connectivity index (χ3n) is 3.49. The van der Waals surface area contributed by atoms with Gasteiger partial charge in [0.05, 0.1) is 6.04 Å². The Bertz CT molecular complexity index is 460. The highest BCUT2D eigenvalue weighted by Crippen LogP contribution is 2.38. The van der Waals surface area contributed by atoms with Crippen molar-refractivity contribution in [3.8, 4) is 0 Å². The molecule has 2 nitrogen and oxygen atoms in total. The molecule has 2 heteroatoms. The minimum Gasteiger partial charge on any atom is -0.321 e. The van der Waals surface area contributed by atoms with E-state index >= 15 is 0 Å². The van der Waals surface area contributed by atoms with Crippen LogP contribution < -0.4 is 5.73 Å². The van der Waals surface area contributed by atoms with Crippen molar-refractivity contribution in [2.24, 2.45) is 5.73 Å². The second-order valence-electron chi connectivity index (χ2n) is 5.56. The smallest absolute Gasteiger partial charge is 0.179 e. The predicted octanol–water partition coefficient (Wildman–Crippen LogP) is 2.49. The maximum Gasteiger partial charge on any atom is 0.179 e. The number of Topliss-reactive ketones (excluding diaryl/α,β-unsaturated/α-hetero) is 1. The molecule has 1 atom stereocenters. The molecule has 0 saturated heterocycles. The summed E-state index contributed by atoms with van der Waals surface area (Å²) in [5.41, 5.74) is 10.3. The van der Waals surface area contributed by atoms with E-state index in [0.717, 1.165) is 17.5 Å². The average molecular weight is 217 g/mol. The molecule has 2 rings (SSSR count). The van der Waals surface area contributed by atoms with E-state index in [1.165, 1.54) is 11.1 Å². The standard InChI is InChI=1S/C14H19NO/c1-8-5-9(2)12-10(6-8)13(16)11(15)7-14(12,3)4/h5-6,11H,7,15H2,1-4H3.